The van der Waals surface area contributed by atoms with E-state index >= 15 is 0 Å². The van der Waals surface area contributed by atoms with Gasteiger partial charge >= 0.3 is 0 Å². The molecule has 0 aliphatic heterocycles. The Morgan fingerprint density at radius 3 is 2.55 bits per heavy atom. The zero-order chi connectivity index (χ0) is 15.8. The first kappa shape index (κ1) is 16.8. The van der Waals surface area contributed by atoms with Crippen molar-refractivity contribution in [3.8, 4) is 0 Å². The average Bonchev–Trinajstić information content (AvgIpc) is 2.50. The highest BCUT2D eigenvalue weighted by atomic mass is 32.2. The largest absolute Gasteiger partial charge is 0.383 e. The van der Waals surface area contributed by atoms with Crippen LogP contribution in [0.2, 0.25) is 0 Å². The molecular weight excluding hydrogens is 312 g/mol. The second kappa shape index (κ2) is 8.78. The van der Waals surface area contributed by atoms with Crippen LogP contribution in [-0.2, 0) is 4.74 Å². The molecule has 0 bridgehead atoms. The van der Waals surface area contributed by atoms with Crippen molar-refractivity contribution in [3.63, 3.8) is 0 Å². The van der Waals surface area contributed by atoms with Crippen LogP contribution >= 0.6 is 24.0 Å². The zero-order valence-electron chi connectivity index (χ0n) is 12.7. The molecule has 1 atom stereocenters. The Kier molecular flexibility index (Phi) is 6.71. The molecule has 0 amide bonds. The van der Waals surface area contributed by atoms with Crippen LogP contribution in [0, 0.1) is 0 Å². The highest BCUT2D eigenvalue weighted by Gasteiger charge is 2.07. The molecule has 22 heavy (non-hydrogen) atoms. The summed E-state index contributed by atoms with van der Waals surface area (Å²) in [4.78, 5) is 2.33. The fourth-order valence-electron chi connectivity index (χ4n) is 1.95. The molecule has 0 aliphatic carbocycles. The SMILES string of the molecule is COCC(C)NC(=S)Nc1ccccc1Sc1ccccc1. The van der Waals surface area contributed by atoms with Crippen molar-refractivity contribution in [3.05, 3.63) is 54.6 Å². The summed E-state index contributed by atoms with van der Waals surface area (Å²) >= 11 is 7.07. The van der Waals surface area contributed by atoms with Gasteiger partial charge in [-0.25, -0.2) is 0 Å². The molecular formula is C17H20N2OS2. The van der Waals surface area contributed by atoms with Gasteiger partial charge in [-0.15, -0.1) is 0 Å². The second-order valence-corrected chi connectivity index (χ2v) is 6.39. The Labute approximate surface area is 141 Å². The summed E-state index contributed by atoms with van der Waals surface area (Å²) in [6, 6.07) is 18.6. The lowest BCUT2D eigenvalue weighted by atomic mass is 10.3. The van der Waals surface area contributed by atoms with Crippen LogP contribution in [0.15, 0.2) is 64.4 Å². The van der Waals surface area contributed by atoms with E-state index in [0.717, 1.165) is 10.6 Å². The topological polar surface area (TPSA) is 33.3 Å². The maximum absolute atomic E-state index is 5.36. The van der Waals surface area contributed by atoms with Crippen molar-refractivity contribution >= 4 is 34.8 Å². The lowest BCUT2D eigenvalue weighted by Gasteiger charge is -2.17. The molecule has 2 rings (SSSR count). The summed E-state index contributed by atoms with van der Waals surface area (Å²) in [5, 5.41) is 7.07. The first-order valence-electron chi connectivity index (χ1n) is 7.07. The number of para-hydroxylation sites is 1. The molecule has 2 aromatic rings. The van der Waals surface area contributed by atoms with E-state index in [2.05, 4.69) is 28.8 Å². The molecule has 0 saturated heterocycles. The lowest BCUT2D eigenvalue weighted by molar-refractivity contribution is 0.179. The van der Waals surface area contributed by atoms with E-state index < -0.39 is 0 Å². The minimum atomic E-state index is 0.166. The molecule has 3 nitrogen and oxygen atoms in total. The Balaban J connectivity index is 2.03. The standard InChI is InChI=1S/C17H20N2OS2/c1-13(12-20-2)18-17(21)19-15-10-6-7-11-16(15)22-14-8-4-3-5-9-14/h3-11,13H,12H2,1-2H3,(H2,18,19,21). The van der Waals surface area contributed by atoms with Gasteiger partial charge in [-0.05, 0) is 43.4 Å². The van der Waals surface area contributed by atoms with Crippen molar-refractivity contribution in [1.82, 2.24) is 5.32 Å². The third kappa shape index (κ3) is 5.33. The Hall–Kier alpha value is -1.56. The van der Waals surface area contributed by atoms with E-state index in [9.17, 15) is 0 Å². The predicted molar refractivity (Wildman–Crippen MR) is 97.7 cm³/mol. The molecule has 2 N–H and O–H groups in total. The van der Waals surface area contributed by atoms with Crippen LogP contribution in [0.4, 0.5) is 5.69 Å². The molecule has 2 aromatic carbocycles. The van der Waals surface area contributed by atoms with Crippen molar-refractivity contribution in [2.24, 2.45) is 0 Å². The summed E-state index contributed by atoms with van der Waals surface area (Å²) in [6.45, 7) is 2.64. The number of benzene rings is 2. The van der Waals surface area contributed by atoms with Crippen LogP contribution in [0.25, 0.3) is 0 Å². The van der Waals surface area contributed by atoms with Gasteiger partial charge in [-0.3, -0.25) is 0 Å². The summed E-state index contributed by atoms with van der Waals surface area (Å²) < 4.78 is 5.10. The number of ether oxygens (including phenoxy) is 1. The number of methoxy groups -OCH3 is 1. The van der Waals surface area contributed by atoms with Gasteiger partial charge in [0.05, 0.1) is 12.3 Å². The molecule has 116 valence electrons. The van der Waals surface area contributed by atoms with Crippen molar-refractivity contribution in [1.29, 1.82) is 0 Å². The number of rotatable bonds is 6. The highest BCUT2D eigenvalue weighted by molar-refractivity contribution is 7.99. The lowest BCUT2D eigenvalue weighted by Crippen LogP contribution is -2.38. The molecule has 0 radical (unpaired) electrons. The minimum absolute atomic E-state index is 0.166. The summed E-state index contributed by atoms with van der Waals surface area (Å²) in [5.41, 5.74) is 0.999. The summed E-state index contributed by atoms with van der Waals surface area (Å²) in [7, 11) is 1.68. The van der Waals surface area contributed by atoms with Gasteiger partial charge < -0.3 is 15.4 Å². The van der Waals surface area contributed by atoms with Crippen molar-refractivity contribution in [2.45, 2.75) is 22.8 Å². The molecule has 1 unspecified atom stereocenters. The first-order valence-corrected chi connectivity index (χ1v) is 8.30. The Morgan fingerprint density at radius 2 is 1.82 bits per heavy atom. The van der Waals surface area contributed by atoms with E-state index in [0.29, 0.717) is 11.7 Å². The molecule has 0 saturated carbocycles. The van der Waals surface area contributed by atoms with E-state index in [4.69, 9.17) is 17.0 Å². The van der Waals surface area contributed by atoms with Crippen LogP contribution in [-0.4, -0.2) is 24.9 Å². The third-order valence-electron chi connectivity index (χ3n) is 2.90. The summed E-state index contributed by atoms with van der Waals surface area (Å²) in [5.74, 6) is 0. The quantitative estimate of drug-likeness (QED) is 0.776. The second-order valence-electron chi connectivity index (χ2n) is 4.87. The normalized spacial score (nSPS) is 11.7. The molecule has 5 heteroatoms. The number of hydrogen-bond acceptors (Lipinski definition) is 3. The Bertz CT molecular complexity index is 605. The Morgan fingerprint density at radius 1 is 1.14 bits per heavy atom. The zero-order valence-corrected chi connectivity index (χ0v) is 14.3. The van der Waals surface area contributed by atoms with Crippen LogP contribution < -0.4 is 10.6 Å². The smallest absolute Gasteiger partial charge is 0.171 e. The van der Waals surface area contributed by atoms with Crippen LogP contribution in [0.3, 0.4) is 0 Å². The molecule has 0 heterocycles. The van der Waals surface area contributed by atoms with Gasteiger partial charge in [-0.2, -0.15) is 0 Å². The predicted octanol–water partition coefficient (Wildman–Crippen LogP) is 4.16. The first-order chi connectivity index (χ1) is 10.7. The third-order valence-corrected chi connectivity index (χ3v) is 4.20. The minimum Gasteiger partial charge on any atom is -0.383 e. The maximum atomic E-state index is 5.36. The molecule has 0 aromatic heterocycles. The molecule has 0 spiro atoms. The number of hydrogen-bond donors (Lipinski definition) is 2. The average molecular weight is 332 g/mol. The molecule has 0 aliphatic rings. The number of anilines is 1. The fraction of sp³-hybridized carbons (Fsp3) is 0.235. The van der Waals surface area contributed by atoms with E-state index in [-0.39, 0.29) is 6.04 Å². The van der Waals surface area contributed by atoms with Gasteiger partial charge in [0, 0.05) is 22.9 Å². The van der Waals surface area contributed by atoms with Gasteiger partial charge in [0.25, 0.3) is 0 Å². The number of nitrogens with one attached hydrogen (secondary N) is 2. The van der Waals surface area contributed by atoms with E-state index in [1.165, 1.54) is 4.90 Å². The van der Waals surface area contributed by atoms with E-state index in [1.54, 1.807) is 18.9 Å². The molecule has 0 fully saturated rings. The van der Waals surface area contributed by atoms with Gasteiger partial charge in [0.2, 0.25) is 0 Å². The fourth-order valence-corrected chi connectivity index (χ4v) is 3.18. The van der Waals surface area contributed by atoms with Crippen LogP contribution in [0.5, 0.6) is 0 Å². The van der Waals surface area contributed by atoms with E-state index in [1.807, 2.05) is 43.3 Å². The van der Waals surface area contributed by atoms with Crippen LogP contribution in [0.1, 0.15) is 6.92 Å². The highest BCUT2D eigenvalue weighted by Crippen LogP contribution is 2.33. The van der Waals surface area contributed by atoms with Crippen molar-refractivity contribution in [2.75, 3.05) is 19.0 Å². The van der Waals surface area contributed by atoms with Gasteiger partial charge in [-0.1, -0.05) is 42.1 Å². The van der Waals surface area contributed by atoms with Gasteiger partial charge in [0.15, 0.2) is 5.11 Å². The number of thiocarbonyl (C=S) groups is 1. The maximum Gasteiger partial charge on any atom is 0.171 e. The van der Waals surface area contributed by atoms with Crippen molar-refractivity contribution < 1.29 is 4.74 Å². The van der Waals surface area contributed by atoms with Gasteiger partial charge in [0.1, 0.15) is 0 Å². The monoisotopic (exact) mass is 332 g/mol. The summed E-state index contributed by atoms with van der Waals surface area (Å²) in [6.07, 6.45) is 0.